The smallest absolute Gasteiger partial charge is 0.146 e. The van der Waals surface area contributed by atoms with Gasteiger partial charge in [-0.3, -0.25) is 0 Å². The van der Waals surface area contributed by atoms with Crippen LogP contribution in [0.1, 0.15) is 5.56 Å². The zero-order valence-corrected chi connectivity index (χ0v) is 9.11. The van der Waals surface area contributed by atoms with Gasteiger partial charge in [-0.2, -0.15) is 5.26 Å². The van der Waals surface area contributed by atoms with Crippen molar-refractivity contribution in [3.05, 3.63) is 59.1 Å². The molecule has 2 nitrogen and oxygen atoms in total. The van der Waals surface area contributed by atoms with Crippen LogP contribution in [0.5, 0.6) is 11.5 Å². The minimum atomic E-state index is 0.546. The van der Waals surface area contributed by atoms with Crippen LogP contribution in [0.3, 0.4) is 0 Å². The molecule has 0 saturated heterocycles. The van der Waals surface area contributed by atoms with Gasteiger partial charge in [0.2, 0.25) is 0 Å². The van der Waals surface area contributed by atoms with E-state index in [1.165, 1.54) is 0 Å². The molecule has 0 fully saturated rings. The Kier molecular flexibility index (Phi) is 3.09. The van der Waals surface area contributed by atoms with Gasteiger partial charge >= 0.3 is 0 Å². The summed E-state index contributed by atoms with van der Waals surface area (Å²) in [5.41, 5.74) is 0.560. The lowest BCUT2D eigenvalue weighted by atomic mass is 10.2. The van der Waals surface area contributed by atoms with Crippen molar-refractivity contribution < 1.29 is 4.74 Å². The number of hydrogen-bond acceptors (Lipinski definition) is 2. The first-order valence-corrected chi connectivity index (χ1v) is 5.10. The molecule has 2 rings (SSSR count). The number of ether oxygens (including phenoxy) is 1. The van der Waals surface area contributed by atoms with Gasteiger partial charge in [0.15, 0.2) is 0 Å². The van der Waals surface area contributed by atoms with Crippen molar-refractivity contribution in [2.24, 2.45) is 0 Å². The van der Waals surface area contributed by atoms with E-state index in [-0.39, 0.29) is 0 Å². The van der Waals surface area contributed by atoms with Crippen LogP contribution in [0.25, 0.3) is 0 Å². The number of halogens is 1. The topological polar surface area (TPSA) is 33.0 Å². The van der Waals surface area contributed by atoms with Gasteiger partial charge in [-0.05, 0) is 30.3 Å². The second kappa shape index (κ2) is 4.69. The van der Waals surface area contributed by atoms with Crippen molar-refractivity contribution >= 4 is 11.6 Å². The summed E-state index contributed by atoms with van der Waals surface area (Å²) in [6.07, 6.45) is 0. The average molecular weight is 230 g/mol. The van der Waals surface area contributed by atoms with Crippen molar-refractivity contribution in [3.8, 4) is 17.6 Å². The Morgan fingerprint density at radius 2 is 1.88 bits per heavy atom. The third-order valence-corrected chi connectivity index (χ3v) is 2.34. The van der Waals surface area contributed by atoms with Crippen molar-refractivity contribution in [1.29, 1.82) is 5.26 Å². The molecule has 0 radical (unpaired) electrons. The molecule has 2 aromatic carbocycles. The van der Waals surface area contributed by atoms with Gasteiger partial charge in [-0.1, -0.05) is 29.8 Å². The number of nitriles is 1. The highest BCUT2D eigenvalue weighted by molar-refractivity contribution is 6.32. The molecule has 0 bridgehead atoms. The largest absolute Gasteiger partial charge is 0.456 e. The van der Waals surface area contributed by atoms with Gasteiger partial charge in [-0.15, -0.1) is 0 Å². The van der Waals surface area contributed by atoms with Crippen molar-refractivity contribution in [1.82, 2.24) is 0 Å². The zero-order chi connectivity index (χ0) is 11.4. The molecule has 0 aliphatic carbocycles. The molecule has 0 unspecified atom stereocenters. The molecule has 0 aliphatic rings. The molecule has 0 amide bonds. The first-order valence-electron chi connectivity index (χ1n) is 4.72. The van der Waals surface area contributed by atoms with E-state index in [4.69, 9.17) is 21.6 Å². The summed E-state index contributed by atoms with van der Waals surface area (Å²) in [5.74, 6) is 1.19. The number of benzene rings is 2. The Balaban J connectivity index is 2.28. The van der Waals surface area contributed by atoms with Crippen molar-refractivity contribution in [2.75, 3.05) is 0 Å². The van der Waals surface area contributed by atoms with Gasteiger partial charge in [0.25, 0.3) is 0 Å². The van der Waals surface area contributed by atoms with Crippen LogP contribution in [0.4, 0.5) is 0 Å². The highest BCUT2D eigenvalue weighted by atomic mass is 35.5. The number of para-hydroxylation sites is 1. The summed E-state index contributed by atoms with van der Waals surface area (Å²) in [5, 5.41) is 9.30. The van der Waals surface area contributed by atoms with Gasteiger partial charge in [0.1, 0.15) is 11.5 Å². The minimum absolute atomic E-state index is 0.546. The average Bonchev–Trinajstić information content (AvgIpc) is 2.32. The van der Waals surface area contributed by atoms with E-state index in [0.29, 0.717) is 22.1 Å². The molecule has 16 heavy (non-hydrogen) atoms. The Morgan fingerprint density at radius 3 is 2.62 bits per heavy atom. The van der Waals surface area contributed by atoms with Gasteiger partial charge < -0.3 is 4.74 Å². The number of rotatable bonds is 2. The van der Waals surface area contributed by atoms with E-state index in [2.05, 4.69) is 6.07 Å². The fourth-order valence-corrected chi connectivity index (χ4v) is 1.46. The van der Waals surface area contributed by atoms with E-state index in [0.717, 1.165) is 0 Å². The lowest BCUT2D eigenvalue weighted by Crippen LogP contribution is -1.85. The summed E-state index contributed by atoms with van der Waals surface area (Å²) in [4.78, 5) is 0. The summed E-state index contributed by atoms with van der Waals surface area (Å²) >= 11 is 5.96. The molecular formula is C13H8ClNO. The van der Waals surface area contributed by atoms with Gasteiger partial charge in [0.05, 0.1) is 16.7 Å². The maximum absolute atomic E-state index is 8.75. The first kappa shape index (κ1) is 10.5. The lowest BCUT2D eigenvalue weighted by Gasteiger charge is -2.06. The monoisotopic (exact) mass is 229 g/mol. The van der Waals surface area contributed by atoms with Crippen LogP contribution in [0, 0.1) is 11.3 Å². The van der Waals surface area contributed by atoms with Crippen LogP contribution in [-0.4, -0.2) is 0 Å². The third-order valence-electron chi connectivity index (χ3n) is 2.03. The summed E-state index contributed by atoms with van der Waals surface area (Å²) < 4.78 is 5.57. The van der Waals surface area contributed by atoms with Crippen LogP contribution >= 0.6 is 11.6 Å². The second-order valence-electron chi connectivity index (χ2n) is 3.17. The maximum atomic E-state index is 8.75. The predicted molar refractivity (Wildman–Crippen MR) is 62.7 cm³/mol. The Labute approximate surface area is 98.7 Å². The van der Waals surface area contributed by atoms with Crippen molar-refractivity contribution in [2.45, 2.75) is 0 Å². The standard InChI is InChI=1S/C13H8ClNO/c14-12-6-1-2-7-13(12)16-11-5-3-4-10(8-11)9-15/h1-8H. The van der Waals surface area contributed by atoms with Gasteiger partial charge in [0, 0.05) is 0 Å². The van der Waals surface area contributed by atoms with E-state index in [1.54, 1.807) is 36.4 Å². The number of hydrogen-bond donors (Lipinski definition) is 0. The molecule has 2 aromatic rings. The van der Waals surface area contributed by atoms with Crippen LogP contribution in [-0.2, 0) is 0 Å². The Morgan fingerprint density at radius 1 is 1.06 bits per heavy atom. The molecule has 0 aromatic heterocycles. The molecule has 0 N–H and O–H groups in total. The number of nitrogens with zero attached hydrogens (tertiary/aromatic N) is 1. The zero-order valence-electron chi connectivity index (χ0n) is 8.35. The van der Waals surface area contributed by atoms with E-state index in [9.17, 15) is 0 Å². The molecule has 0 aliphatic heterocycles. The SMILES string of the molecule is N#Cc1cccc(Oc2ccccc2Cl)c1. The third kappa shape index (κ3) is 2.33. The van der Waals surface area contributed by atoms with Gasteiger partial charge in [-0.25, -0.2) is 0 Å². The molecular weight excluding hydrogens is 222 g/mol. The van der Waals surface area contributed by atoms with Crippen molar-refractivity contribution in [3.63, 3.8) is 0 Å². The molecule has 0 spiro atoms. The van der Waals surface area contributed by atoms with E-state index < -0.39 is 0 Å². The molecule has 3 heteroatoms. The summed E-state index contributed by atoms with van der Waals surface area (Å²) in [6.45, 7) is 0. The van der Waals surface area contributed by atoms with Crippen LogP contribution < -0.4 is 4.74 Å². The Bertz CT molecular complexity index is 546. The molecule has 78 valence electrons. The van der Waals surface area contributed by atoms with E-state index in [1.807, 2.05) is 12.1 Å². The first-order chi connectivity index (χ1) is 7.79. The fourth-order valence-electron chi connectivity index (χ4n) is 1.28. The second-order valence-corrected chi connectivity index (χ2v) is 3.58. The highest BCUT2D eigenvalue weighted by Crippen LogP contribution is 2.28. The normalized spacial score (nSPS) is 9.50. The molecule has 0 saturated carbocycles. The maximum Gasteiger partial charge on any atom is 0.146 e. The quantitative estimate of drug-likeness (QED) is 0.780. The molecule has 0 atom stereocenters. The molecule has 0 heterocycles. The Hall–Kier alpha value is -1.98. The summed E-state index contributed by atoms with van der Waals surface area (Å²) in [6, 6.07) is 16.2. The predicted octanol–water partition coefficient (Wildman–Crippen LogP) is 4.00. The van der Waals surface area contributed by atoms with Crippen LogP contribution in [0.15, 0.2) is 48.5 Å². The minimum Gasteiger partial charge on any atom is -0.456 e. The highest BCUT2D eigenvalue weighted by Gasteiger charge is 2.02. The van der Waals surface area contributed by atoms with E-state index >= 15 is 0 Å². The van der Waals surface area contributed by atoms with Crippen LogP contribution in [0.2, 0.25) is 5.02 Å². The lowest BCUT2D eigenvalue weighted by molar-refractivity contribution is 0.483. The summed E-state index contributed by atoms with van der Waals surface area (Å²) in [7, 11) is 0. The fraction of sp³-hybridized carbons (Fsp3) is 0.